The highest BCUT2D eigenvalue weighted by Gasteiger charge is 2.38. The van der Waals surface area contributed by atoms with Crippen LogP contribution in [0.2, 0.25) is 0 Å². The molecule has 2 aliphatic rings. The lowest BCUT2D eigenvalue weighted by molar-refractivity contribution is 0.659. The number of nitrogens with zero attached hydrogens (tertiary/aromatic N) is 1. The molecule has 2 aliphatic carbocycles. The number of hydrogen-bond acceptors (Lipinski definition) is 2. The second-order valence-corrected chi connectivity index (χ2v) is 18.1. The lowest BCUT2D eigenvalue weighted by Crippen LogP contribution is -2.18. The first kappa shape index (κ1) is 36.4. The van der Waals surface area contributed by atoms with Crippen LogP contribution in [-0.4, -0.2) is 0 Å². The summed E-state index contributed by atoms with van der Waals surface area (Å²) in [6, 6.07) is 73.5. The SMILES string of the molecule is CC1(C)c2ccccc2-c2ccc(N(c3ccc(-c4ccc(-c5ccccc5)cc4)cc3)c3ccc4c(c3)C(C)(C)c3cc(-c5cccc6c5oc5ccccc56)ccc3-4)cc21. The monoisotopic (exact) mass is 795 g/mol. The van der Waals surface area contributed by atoms with Gasteiger partial charge in [-0.05, 0) is 121 Å². The maximum Gasteiger partial charge on any atom is 0.143 e. The van der Waals surface area contributed by atoms with Gasteiger partial charge >= 0.3 is 0 Å². The molecule has 10 aromatic rings. The normalized spacial score (nSPS) is 14.1. The van der Waals surface area contributed by atoms with Crippen molar-refractivity contribution in [1.82, 2.24) is 0 Å². The summed E-state index contributed by atoms with van der Waals surface area (Å²) < 4.78 is 6.50. The van der Waals surface area contributed by atoms with E-state index in [9.17, 15) is 0 Å². The lowest BCUT2D eigenvalue weighted by atomic mass is 9.81. The van der Waals surface area contributed by atoms with Gasteiger partial charge in [0.1, 0.15) is 11.2 Å². The first-order valence-electron chi connectivity index (χ1n) is 21.7. The van der Waals surface area contributed by atoms with Gasteiger partial charge in [0.15, 0.2) is 0 Å². The Morgan fingerprint density at radius 2 is 0.774 bits per heavy atom. The quantitative estimate of drug-likeness (QED) is 0.167. The number of para-hydroxylation sites is 2. The molecule has 2 nitrogen and oxygen atoms in total. The van der Waals surface area contributed by atoms with E-state index in [2.05, 4.69) is 227 Å². The summed E-state index contributed by atoms with van der Waals surface area (Å²) in [7, 11) is 0. The van der Waals surface area contributed by atoms with Gasteiger partial charge in [-0.25, -0.2) is 0 Å². The smallest absolute Gasteiger partial charge is 0.143 e. The van der Waals surface area contributed by atoms with E-state index in [0.717, 1.165) is 44.6 Å². The minimum atomic E-state index is -0.235. The van der Waals surface area contributed by atoms with Crippen molar-refractivity contribution in [3.63, 3.8) is 0 Å². The Bertz CT molecular complexity index is 3390. The molecular weight excluding hydrogens is 751 g/mol. The molecule has 0 fully saturated rings. The van der Waals surface area contributed by atoms with Crippen molar-refractivity contribution in [2.24, 2.45) is 0 Å². The largest absolute Gasteiger partial charge is 0.455 e. The van der Waals surface area contributed by atoms with Crippen LogP contribution in [0.4, 0.5) is 17.1 Å². The Morgan fingerprint density at radius 1 is 0.323 bits per heavy atom. The molecule has 0 atom stereocenters. The van der Waals surface area contributed by atoms with Crippen LogP contribution < -0.4 is 4.90 Å². The first-order chi connectivity index (χ1) is 30.2. The number of rotatable bonds is 6. The van der Waals surface area contributed by atoms with Gasteiger partial charge in [0.25, 0.3) is 0 Å². The van der Waals surface area contributed by atoms with E-state index in [4.69, 9.17) is 4.42 Å². The van der Waals surface area contributed by atoms with E-state index in [1.807, 2.05) is 6.07 Å². The van der Waals surface area contributed by atoms with Gasteiger partial charge in [0.05, 0.1) is 0 Å². The molecule has 0 unspecified atom stereocenters. The zero-order valence-corrected chi connectivity index (χ0v) is 35.4. The topological polar surface area (TPSA) is 16.4 Å². The van der Waals surface area contributed by atoms with Crippen molar-refractivity contribution >= 4 is 39.0 Å². The molecule has 0 amide bonds. The molecular formula is C60H45NO. The Hall–Kier alpha value is -7.42. The average molecular weight is 796 g/mol. The Kier molecular flexibility index (Phi) is 7.96. The second kappa shape index (κ2) is 13.5. The number of hydrogen-bond donors (Lipinski definition) is 0. The van der Waals surface area contributed by atoms with Crippen molar-refractivity contribution in [2.75, 3.05) is 4.90 Å². The number of fused-ring (bicyclic) bond motifs is 9. The Morgan fingerprint density at radius 3 is 1.45 bits per heavy atom. The number of furan rings is 1. The maximum atomic E-state index is 6.50. The summed E-state index contributed by atoms with van der Waals surface area (Å²) in [5, 5.41) is 2.30. The van der Waals surface area contributed by atoms with Crippen LogP contribution in [0.25, 0.3) is 77.6 Å². The molecule has 0 bridgehead atoms. The molecule has 1 heterocycles. The molecule has 9 aromatic carbocycles. The third-order valence-electron chi connectivity index (χ3n) is 13.9. The van der Waals surface area contributed by atoms with Gasteiger partial charge < -0.3 is 9.32 Å². The fourth-order valence-corrected chi connectivity index (χ4v) is 10.6. The van der Waals surface area contributed by atoms with Crippen LogP contribution in [0.5, 0.6) is 0 Å². The van der Waals surface area contributed by atoms with Crippen LogP contribution in [0, 0.1) is 0 Å². The minimum absolute atomic E-state index is 0.116. The van der Waals surface area contributed by atoms with Crippen LogP contribution in [0.3, 0.4) is 0 Å². The molecule has 0 radical (unpaired) electrons. The average Bonchev–Trinajstić information content (AvgIpc) is 3.89. The van der Waals surface area contributed by atoms with Gasteiger partial charge in [-0.3, -0.25) is 0 Å². The predicted octanol–water partition coefficient (Wildman–Crippen LogP) is 16.7. The van der Waals surface area contributed by atoms with Gasteiger partial charge in [0, 0.05) is 44.2 Å². The van der Waals surface area contributed by atoms with Crippen molar-refractivity contribution < 1.29 is 4.42 Å². The van der Waals surface area contributed by atoms with Crippen molar-refractivity contribution in [1.29, 1.82) is 0 Å². The summed E-state index contributed by atoms with van der Waals surface area (Å²) in [6.45, 7) is 9.48. The fraction of sp³-hybridized carbons (Fsp3) is 0.100. The third kappa shape index (κ3) is 5.49. The molecule has 0 spiro atoms. The van der Waals surface area contributed by atoms with Crippen LogP contribution in [0.1, 0.15) is 49.9 Å². The Balaban J connectivity index is 0.953. The van der Waals surface area contributed by atoms with E-state index < -0.39 is 0 Å². The third-order valence-corrected chi connectivity index (χ3v) is 13.9. The van der Waals surface area contributed by atoms with E-state index in [1.54, 1.807) is 0 Å². The number of benzene rings is 9. The second-order valence-electron chi connectivity index (χ2n) is 18.1. The molecule has 12 rings (SSSR count). The zero-order valence-electron chi connectivity index (χ0n) is 35.4. The summed E-state index contributed by atoms with van der Waals surface area (Å²) in [6.07, 6.45) is 0. The molecule has 0 saturated heterocycles. The summed E-state index contributed by atoms with van der Waals surface area (Å²) in [5.41, 5.74) is 22.7. The predicted molar refractivity (Wildman–Crippen MR) is 260 cm³/mol. The van der Waals surface area contributed by atoms with Gasteiger partial charge in [-0.15, -0.1) is 0 Å². The highest BCUT2D eigenvalue weighted by Crippen LogP contribution is 2.54. The standard InChI is InChI=1S/C60H45NO/c1-59(2)53-19-10-8-15-47(53)49-33-30-44(36-55(49)59)61(43-28-25-41(26-29-43)40-23-21-39(22-24-40)38-13-6-5-7-14-38)45-31-34-50-48-32-27-42(35-54(48)60(3,4)56(50)37-45)46-17-12-18-52-51-16-9-11-20-57(51)62-58(46)52/h5-37H,1-4H3. The zero-order chi connectivity index (χ0) is 41.7. The fourth-order valence-electron chi connectivity index (χ4n) is 10.6. The highest BCUT2D eigenvalue weighted by atomic mass is 16.3. The van der Waals surface area contributed by atoms with Gasteiger partial charge in [-0.2, -0.15) is 0 Å². The first-order valence-corrected chi connectivity index (χ1v) is 21.7. The number of anilines is 3. The molecule has 0 aliphatic heterocycles. The minimum Gasteiger partial charge on any atom is -0.455 e. The summed E-state index contributed by atoms with van der Waals surface area (Å²) >= 11 is 0. The molecule has 0 saturated carbocycles. The van der Waals surface area contributed by atoms with Crippen molar-refractivity contribution in [3.05, 3.63) is 222 Å². The molecule has 62 heavy (non-hydrogen) atoms. The van der Waals surface area contributed by atoms with E-state index in [-0.39, 0.29) is 10.8 Å². The van der Waals surface area contributed by atoms with Gasteiger partial charge in [0.2, 0.25) is 0 Å². The molecule has 1 aromatic heterocycles. The van der Waals surface area contributed by atoms with E-state index in [1.165, 1.54) is 72.3 Å². The van der Waals surface area contributed by atoms with Crippen LogP contribution in [0.15, 0.2) is 205 Å². The maximum absolute atomic E-state index is 6.50. The van der Waals surface area contributed by atoms with Crippen molar-refractivity contribution in [3.8, 4) is 55.6 Å². The van der Waals surface area contributed by atoms with Crippen LogP contribution >= 0.6 is 0 Å². The van der Waals surface area contributed by atoms with E-state index in [0.29, 0.717) is 0 Å². The summed E-state index contributed by atoms with van der Waals surface area (Å²) in [4.78, 5) is 2.45. The van der Waals surface area contributed by atoms with E-state index >= 15 is 0 Å². The van der Waals surface area contributed by atoms with Crippen molar-refractivity contribution in [2.45, 2.75) is 38.5 Å². The molecule has 296 valence electrons. The van der Waals surface area contributed by atoms with Gasteiger partial charge in [-0.1, -0.05) is 179 Å². The Labute approximate surface area is 363 Å². The summed E-state index contributed by atoms with van der Waals surface area (Å²) in [5.74, 6) is 0. The highest BCUT2D eigenvalue weighted by molar-refractivity contribution is 6.09. The lowest BCUT2D eigenvalue weighted by Gasteiger charge is -2.30. The molecule has 0 N–H and O–H groups in total. The van der Waals surface area contributed by atoms with Crippen LogP contribution in [-0.2, 0) is 10.8 Å². The molecule has 2 heteroatoms.